The molecule has 1 fully saturated rings. The molecule has 5 nitrogen and oxygen atoms in total. The van der Waals surface area contributed by atoms with Crippen LogP contribution in [0.25, 0.3) is 0 Å². The lowest BCUT2D eigenvalue weighted by atomic mass is 10.1. The first-order valence-corrected chi connectivity index (χ1v) is 8.99. The minimum absolute atomic E-state index is 0.168. The number of nitrogens with zero attached hydrogens (tertiary/aromatic N) is 3. The van der Waals surface area contributed by atoms with Crippen LogP contribution in [0.1, 0.15) is 25.8 Å². The summed E-state index contributed by atoms with van der Waals surface area (Å²) in [5, 5.41) is 12.4. The van der Waals surface area contributed by atoms with Crippen LogP contribution in [-0.2, 0) is 11.3 Å². The molecular formula is C20H28N4O. The van der Waals surface area contributed by atoms with Crippen molar-refractivity contribution in [3.63, 3.8) is 0 Å². The van der Waals surface area contributed by atoms with Crippen molar-refractivity contribution in [3.05, 3.63) is 47.7 Å². The van der Waals surface area contributed by atoms with Gasteiger partial charge in [0.2, 0.25) is 0 Å². The molecule has 0 saturated carbocycles. The Kier molecular flexibility index (Phi) is 7.49. The molecular weight excluding hydrogens is 312 g/mol. The van der Waals surface area contributed by atoms with Gasteiger partial charge in [0, 0.05) is 45.5 Å². The molecule has 1 aliphatic rings. The molecule has 0 aliphatic carbocycles. The number of carbonyl (C=O) groups is 1. The highest BCUT2D eigenvalue weighted by molar-refractivity contribution is 5.97. The zero-order valence-corrected chi connectivity index (χ0v) is 15.2. The first-order valence-electron chi connectivity index (χ1n) is 8.99. The molecule has 134 valence electrons. The van der Waals surface area contributed by atoms with Crippen LogP contribution in [0.2, 0.25) is 0 Å². The Labute approximate surface area is 150 Å². The molecule has 2 rings (SSSR count). The quantitative estimate of drug-likeness (QED) is 0.470. The van der Waals surface area contributed by atoms with E-state index in [1.165, 1.54) is 5.56 Å². The van der Waals surface area contributed by atoms with Crippen molar-refractivity contribution in [1.82, 2.24) is 15.1 Å². The highest BCUT2D eigenvalue weighted by Crippen LogP contribution is 2.10. The van der Waals surface area contributed by atoms with E-state index < -0.39 is 0 Å². The van der Waals surface area contributed by atoms with Crippen LogP contribution in [0.4, 0.5) is 0 Å². The van der Waals surface area contributed by atoms with Crippen LogP contribution >= 0.6 is 0 Å². The highest BCUT2D eigenvalue weighted by Gasteiger charge is 2.23. The Bertz CT molecular complexity index is 610. The second-order valence-corrected chi connectivity index (χ2v) is 6.86. The van der Waals surface area contributed by atoms with Gasteiger partial charge in [0.1, 0.15) is 11.6 Å². The van der Waals surface area contributed by atoms with Gasteiger partial charge in [-0.05, 0) is 17.9 Å². The van der Waals surface area contributed by atoms with E-state index in [4.69, 9.17) is 0 Å². The molecule has 0 aromatic heterocycles. The van der Waals surface area contributed by atoms with Gasteiger partial charge in [-0.3, -0.25) is 9.69 Å². The molecule has 1 N–H and O–H groups in total. The zero-order valence-electron chi connectivity index (χ0n) is 15.2. The Morgan fingerprint density at radius 3 is 2.52 bits per heavy atom. The van der Waals surface area contributed by atoms with E-state index in [0.29, 0.717) is 19.0 Å². The maximum absolute atomic E-state index is 12.5. The molecule has 0 spiro atoms. The lowest BCUT2D eigenvalue weighted by Gasteiger charge is -2.34. The molecule has 0 unspecified atom stereocenters. The predicted molar refractivity (Wildman–Crippen MR) is 99.5 cm³/mol. The van der Waals surface area contributed by atoms with E-state index in [0.717, 1.165) is 32.6 Å². The van der Waals surface area contributed by atoms with Crippen molar-refractivity contribution in [1.29, 1.82) is 5.26 Å². The van der Waals surface area contributed by atoms with Crippen LogP contribution < -0.4 is 5.32 Å². The number of hydrogen-bond acceptors (Lipinski definition) is 4. The third kappa shape index (κ3) is 6.24. The number of nitrogens with one attached hydrogen (secondary N) is 1. The fourth-order valence-corrected chi connectivity index (χ4v) is 2.81. The standard InChI is InChI=1S/C20H28N4O/c1-17(2)8-9-22-15-19(14-21)20(25)24-12-10-23(11-13-24)16-18-6-4-3-5-7-18/h3-7,15,17,22H,8-13,16H2,1-2H3/b19-15-. The van der Waals surface area contributed by atoms with Crippen molar-refractivity contribution >= 4 is 5.91 Å². The number of hydrogen-bond donors (Lipinski definition) is 1. The van der Waals surface area contributed by atoms with Crippen LogP contribution in [0.15, 0.2) is 42.1 Å². The molecule has 25 heavy (non-hydrogen) atoms. The normalized spacial score (nSPS) is 15.9. The molecule has 1 aromatic rings. The van der Waals surface area contributed by atoms with E-state index >= 15 is 0 Å². The number of piperazine rings is 1. The molecule has 0 bridgehead atoms. The first-order chi connectivity index (χ1) is 12.1. The fourth-order valence-electron chi connectivity index (χ4n) is 2.81. The fraction of sp³-hybridized carbons (Fsp3) is 0.500. The summed E-state index contributed by atoms with van der Waals surface area (Å²) in [6, 6.07) is 12.4. The number of benzene rings is 1. The van der Waals surface area contributed by atoms with E-state index in [-0.39, 0.29) is 11.5 Å². The molecule has 1 aliphatic heterocycles. The zero-order chi connectivity index (χ0) is 18.1. The Morgan fingerprint density at radius 2 is 1.92 bits per heavy atom. The van der Waals surface area contributed by atoms with E-state index in [1.54, 1.807) is 11.1 Å². The Morgan fingerprint density at radius 1 is 1.24 bits per heavy atom. The summed E-state index contributed by atoms with van der Waals surface area (Å²) in [7, 11) is 0. The van der Waals surface area contributed by atoms with Crippen LogP contribution in [0.3, 0.4) is 0 Å². The van der Waals surface area contributed by atoms with Crippen LogP contribution in [-0.4, -0.2) is 48.4 Å². The molecule has 1 heterocycles. The van der Waals surface area contributed by atoms with E-state index in [1.807, 2.05) is 24.3 Å². The Hall–Kier alpha value is -2.32. The van der Waals surface area contributed by atoms with Gasteiger partial charge >= 0.3 is 0 Å². The smallest absolute Gasteiger partial charge is 0.266 e. The van der Waals surface area contributed by atoms with Crippen molar-refractivity contribution in [3.8, 4) is 6.07 Å². The van der Waals surface area contributed by atoms with E-state index in [9.17, 15) is 10.1 Å². The van der Waals surface area contributed by atoms with Gasteiger partial charge in [-0.2, -0.15) is 5.26 Å². The average Bonchev–Trinajstić information content (AvgIpc) is 2.62. The summed E-state index contributed by atoms with van der Waals surface area (Å²) in [6.07, 6.45) is 2.59. The highest BCUT2D eigenvalue weighted by atomic mass is 16.2. The summed E-state index contributed by atoms with van der Waals surface area (Å²) in [6.45, 7) is 8.97. The van der Waals surface area contributed by atoms with Gasteiger partial charge in [0.05, 0.1) is 0 Å². The minimum Gasteiger partial charge on any atom is -0.390 e. The maximum atomic E-state index is 12.5. The summed E-state index contributed by atoms with van der Waals surface area (Å²) in [4.78, 5) is 16.6. The van der Waals surface area contributed by atoms with Gasteiger partial charge < -0.3 is 10.2 Å². The van der Waals surface area contributed by atoms with Gasteiger partial charge in [-0.1, -0.05) is 44.2 Å². The van der Waals surface area contributed by atoms with Crippen LogP contribution in [0, 0.1) is 17.2 Å². The van der Waals surface area contributed by atoms with Crippen molar-refractivity contribution in [2.45, 2.75) is 26.8 Å². The van der Waals surface area contributed by atoms with Crippen molar-refractivity contribution < 1.29 is 4.79 Å². The van der Waals surface area contributed by atoms with Gasteiger partial charge in [0.15, 0.2) is 0 Å². The molecule has 1 saturated heterocycles. The second-order valence-electron chi connectivity index (χ2n) is 6.86. The first kappa shape index (κ1) is 19.0. The summed E-state index contributed by atoms with van der Waals surface area (Å²) in [5.74, 6) is 0.429. The van der Waals surface area contributed by atoms with Gasteiger partial charge in [-0.15, -0.1) is 0 Å². The number of amides is 1. The third-order valence-corrected chi connectivity index (χ3v) is 4.37. The molecule has 0 radical (unpaired) electrons. The topological polar surface area (TPSA) is 59.4 Å². The predicted octanol–water partition coefficient (Wildman–Crippen LogP) is 2.37. The summed E-state index contributed by atoms with van der Waals surface area (Å²) >= 11 is 0. The lowest BCUT2D eigenvalue weighted by molar-refractivity contribution is -0.128. The summed E-state index contributed by atoms with van der Waals surface area (Å²) in [5.41, 5.74) is 1.48. The maximum Gasteiger partial charge on any atom is 0.266 e. The average molecular weight is 340 g/mol. The minimum atomic E-state index is -0.168. The molecule has 5 heteroatoms. The summed E-state index contributed by atoms with van der Waals surface area (Å²) < 4.78 is 0. The SMILES string of the molecule is CC(C)CCN/C=C(/C#N)C(=O)N1CCN(Cc2ccccc2)CC1. The monoisotopic (exact) mass is 340 g/mol. The van der Waals surface area contributed by atoms with Gasteiger partial charge in [0.25, 0.3) is 5.91 Å². The number of rotatable bonds is 7. The van der Waals surface area contributed by atoms with Crippen molar-refractivity contribution in [2.24, 2.45) is 5.92 Å². The molecule has 1 aromatic carbocycles. The Balaban J connectivity index is 1.81. The largest absolute Gasteiger partial charge is 0.390 e. The molecule has 0 atom stereocenters. The molecule has 1 amide bonds. The second kappa shape index (κ2) is 9.85. The van der Waals surface area contributed by atoms with Crippen molar-refractivity contribution in [2.75, 3.05) is 32.7 Å². The lowest BCUT2D eigenvalue weighted by Crippen LogP contribution is -2.48. The van der Waals surface area contributed by atoms with Gasteiger partial charge in [-0.25, -0.2) is 0 Å². The van der Waals surface area contributed by atoms with E-state index in [2.05, 4.69) is 36.2 Å². The third-order valence-electron chi connectivity index (χ3n) is 4.37. The number of nitriles is 1. The number of carbonyl (C=O) groups excluding carboxylic acids is 1. The van der Waals surface area contributed by atoms with Crippen LogP contribution in [0.5, 0.6) is 0 Å².